The van der Waals surface area contributed by atoms with Crippen LogP contribution in [0.25, 0.3) is 0 Å². The Morgan fingerprint density at radius 2 is 1.29 bits per heavy atom. The van der Waals surface area contributed by atoms with Crippen LogP contribution in [0.1, 0.15) is 16.8 Å². The molecule has 0 heterocycles. The Morgan fingerprint density at radius 3 is 1.71 bits per heavy atom. The molecule has 0 spiro atoms. The molecule has 0 aliphatic carbocycles. The van der Waals surface area contributed by atoms with Crippen LogP contribution in [-0.2, 0) is 13.3 Å². The molecule has 0 saturated heterocycles. The molecule has 0 fully saturated rings. The molecule has 24 heavy (non-hydrogen) atoms. The van der Waals surface area contributed by atoms with Crippen LogP contribution < -0.4 is 5.32 Å². The molecule has 0 saturated carbocycles. The summed E-state index contributed by atoms with van der Waals surface area (Å²) in [4.78, 5) is 11.7. The van der Waals surface area contributed by atoms with Crippen LogP contribution >= 0.6 is 0 Å². The number of hydrogen-bond donors (Lipinski definition) is 1. The molecule has 136 valence electrons. The maximum absolute atomic E-state index is 13.5. The Hall–Kier alpha value is -1.56. The van der Waals surface area contributed by atoms with Gasteiger partial charge in [0.15, 0.2) is 23.3 Å². The van der Waals surface area contributed by atoms with E-state index in [0.29, 0.717) is 0 Å². The summed E-state index contributed by atoms with van der Waals surface area (Å²) in [6.45, 7) is -0.108. The van der Waals surface area contributed by atoms with Crippen LogP contribution in [0, 0.1) is 29.1 Å². The normalized spacial score (nSPS) is 11.7. The Kier molecular flexibility index (Phi) is 7.26. The number of hydrogen-bond acceptors (Lipinski definition) is 4. The van der Waals surface area contributed by atoms with Gasteiger partial charge in [-0.05, 0) is 6.42 Å². The van der Waals surface area contributed by atoms with E-state index in [4.69, 9.17) is 13.3 Å². The summed E-state index contributed by atoms with van der Waals surface area (Å²) in [5.74, 6) is -12.5. The SMILES string of the molecule is CO[Si](CCCNC(=O)c1c(F)c(F)c(F)c(F)c1F)(OC)OC. The summed E-state index contributed by atoms with van der Waals surface area (Å²) in [6, 6.07) is 0.272. The van der Waals surface area contributed by atoms with E-state index >= 15 is 0 Å². The fourth-order valence-corrected chi connectivity index (χ4v) is 3.68. The molecule has 1 amide bonds. The lowest BCUT2D eigenvalue weighted by atomic mass is 10.1. The molecule has 0 aliphatic rings. The lowest BCUT2D eigenvalue weighted by Crippen LogP contribution is -2.43. The molecular formula is C13H16F5NO4Si. The number of rotatable bonds is 8. The zero-order valence-electron chi connectivity index (χ0n) is 13.1. The molecule has 1 aromatic rings. The first-order valence-electron chi connectivity index (χ1n) is 6.69. The first-order chi connectivity index (χ1) is 11.2. The minimum Gasteiger partial charge on any atom is -0.377 e. The third-order valence-corrected chi connectivity index (χ3v) is 6.15. The number of nitrogens with one attached hydrogen (secondary N) is 1. The van der Waals surface area contributed by atoms with Crippen molar-refractivity contribution in [2.75, 3.05) is 27.9 Å². The topological polar surface area (TPSA) is 56.8 Å². The minimum atomic E-state index is -2.88. The molecule has 0 bridgehead atoms. The molecule has 0 aliphatic heterocycles. The summed E-state index contributed by atoms with van der Waals surface area (Å²) >= 11 is 0. The zero-order chi connectivity index (χ0) is 18.5. The summed E-state index contributed by atoms with van der Waals surface area (Å²) in [6.07, 6.45) is 0.239. The first-order valence-corrected chi connectivity index (χ1v) is 8.63. The maximum atomic E-state index is 13.5. The first kappa shape index (κ1) is 20.5. The van der Waals surface area contributed by atoms with Crippen LogP contribution in [0.3, 0.4) is 0 Å². The predicted molar refractivity (Wildman–Crippen MR) is 74.8 cm³/mol. The van der Waals surface area contributed by atoms with Gasteiger partial charge in [0, 0.05) is 33.9 Å². The van der Waals surface area contributed by atoms with E-state index in [1.807, 2.05) is 0 Å². The van der Waals surface area contributed by atoms with Crippen molar-refractivity contribution in [3.63, 3.8) is 0 Å². The van der Waals surface area contributed by atoms with Gasteiger partial charge in [0.2, 0.25) is 5.82 Å². The third-order valence-electron chi connectivity index (χ3n) is 3.32. The predicted octanol–water partition coefficient (Wildman–Crippen LogP) is 2.38. The molecule has 0 unspecified atom stereocenters. The van der Waals surface area contributed by atoms with E-state index in [-0.39, 0.29) is 19.0 Å². The van der Waals surface area contributed by atoms with Gasteiger partial charge < -0.3 is 18.6 Å². The van der Waals surface area contributed by atoms with E-state index in [1.54, 1.807) is 0 Å². The van der Waals surface area contributed by atoms with Gasteiger partial charge in [-0.25, -0.2) is 22.0 Å². The Labute approximate surface area is 136 Å². The molecule has 0 atom stereocenters. The van der Waals surface area contributed by atoms with Crippen molar-refractivity contribution in [3.8, 4) is 0 Å². The molecular weight excluding hydrogens is 357 g/mol. The molecule has 5 nitrogen and oxygen atoms in total. The lowest BCUT2D eigenvalue weighted by molar-refractivity contribution is 0.0938. The number of halogens is 5. The molecule has 1 rings (SSSR count). The number of carbonyl (C=O) groups excluding carboxylic acids is 1. The van der Waals surface area contributed by atoms with E-state index < -0.39 is 49.4 Å². The van der Waals surface area contributed by atoms with Gasteiger partial charge >= 0.3 is 8.80 Å². The lowest BCUT2D eigenvalue weighted by Gasteiger charge is -2.24. The smallest absolute Gasteiger partial charge is 0.377 e. The second kappa shape index (κ2) is 8.51. The molecule has 0 aromatic heterocycles. The van der Waals surface area contributed by atoms with Crippen molar-refractivity contribution in [2.24, 2.45) is 0 Å². The second-order valence-electron chi connectivity index (χ2n) is 4.60. The molecule has 1 N–H and O–H groups in total. The van der Waals surface area contributed by atoms with E-state index in [9.17, 15) is 26.7 Å². The number of benzene rings is 1. The standard InChI is InChI=1S/C13H16F5NO4Si/c1-21-24(22-2,23-3)6-4-5-19-13(20)7-8(14)10(16)12(18)11(17)9(7)15/h4-6H2,1-3H3,(H,19,20). The van der Waals surface area contributed by atoms with Gasteiger partial charge in [-0.1, -0.05) is 0 Å². The van der Waals surface area contributed by atoms with E-state index in [0.717, 1.165) is 0 Å². The van der Waals surface area contributed by atoms with Gasteiger partial charge in [0.1, 0.15) is 5.56 Å². The molecule has 1 aromatic carbocycles. The fraction of sp³-hybridized carbons (Fsp3) is 0.462. The average molecular weight is 373 g/mol. The number of carbonyl (C=O) groups is 1. The van der Waals surface area contributed by atoms with Crippen molar-refractivity contribution in [1.29, 1.82) is 0 Å². The highest BCUT2D eigenvalue weighted by atomic mass is 28.4. The average Bonchev–Trinajstić information content (AvgIpc) is 2.59. The van der Waals surface area contributed by atoms with Crippen LogP contribution in [0.4, 0.5) is 22.0 Å². The highest BCUT2D eigenvalue weighted by Gasteiger charge is 2.37. The minimum absolute atomic E-state index is 0.108. The van der Waals surface area contributed by atoms with Gasteiger partial charge in [0.05, 0.1) is 0 Å². The van der Waals surface area contributed by atoms with Gasteiger partial charge in [-0.2, -0.15) is 0 Å². The monoisotopic (exact) mass is 373 g/mol. The number of amides is 1. The highest BCUT2D eigenvalue weighted by Crippen LogP contribution is 2.23. The van der Waals surface area contributed by atoms with Gasteiger partial charge in [-0.3, -0.25) is 4.79 Å². The summed E-state index contributed by atoms with van der Waals surface area (Å²) in [5.41, 5.74) is -1.53. The van der Waals surface area contributed by atoms with Crippen LogP contribution in [-0.4, -0.2) is 42.6 Å². The van der Waals surface area contributed by atoms with Crippen molar-refractivity contribution >= 4 is 14.7 Å². The Balaban J connectivity index is 2.77. The quantitative estimate of drug-likeness (QED) is 0.250. The van der Waals surface area contributed by atoms with Crippen LogP contribution in [0.2, 0.25) is 6.04 Å². The second-order valence-corrected chi connectivity index (χ2v) is 7.69. The zero-order valence-corrected chi connectivity index (χ0v) is 14.1. The van der Waals surface area contributed by atoms with Crippen molar-refractivity contribution < 1.29 is 40.0 Å². The fourth-order valence-electron chi connectivity index (χ4n) is 1.96. The molecule has 11 heteroatoms. The van der Waals surface area contributed by atoms with Crippen LogP contribution in [0.5, 0.6) is 0 Å². The summed E-state index contributed by atoms with van der Waals surface area (Å²) in [7, 11) is 1.26. The summed E-state index contributed by atoms with van der Waals surface area (Å²) in [5, 5.41) is 2.08. The summed E-state index contributed by atoms with van der Waals surface area (Å²) < 4.78 is 81.4. The maximum Gasteiger partial charge on any atom is 0.500 e. The van der Waals surface area contributed by atoms with Gasteiger partial charge in [0.25, 0.3) is 5.91 Å². The van der Waals surface area contributed by atoms with Crippen LogP contribution in [0.15, 0.2) is 0 Å². The Bertz CT molecular complexity index is 575. The Morgan fingerprint density at radius 1 is 0.875 bits per heavy atom. The highest BCUT2D eigenvalue weighted by molar-refractivity contribution is 6.60. The molecule has 0 radical (unpaired) electrons. The van der Waals surface area contributed by atoms with E-state index in [1.165, 1.54) is 21.3 Å². The van der Waals surface area contributed by atoms with Gasteiger partial charge in [-0.15, -0.1) is 0 Å². The van der Waals surface area contributed by atoms with Crippen molar-refractivity contribution in [1.82, 2.24) is 5.32 Å². The van der Waals surface area contributed by atoms with Crippen molar-refractivity contribution in [2.45, 2.75) is 12.5 Å². The third kappa shape index (κ3) is 4.09. The van der Waals surface area contributed by atoms with E-state index in [2.05, 4.69) is 5.32 Å². The van der Waals surface area contributed by atoms with Crippen molar-refractivity contribution in [3.05, 3.63) is 34.6 Å². The largest absolute Gasteiger partial charge is 0.500 e.